The van der Waals surface area contributed by atoms with Gasteiger partial charge < -0.3 is 5.11 Å². The number of hydrogen-bond donors (Lipinski definition) is 1. The van der Waals surface area contributed by atoms with Crippen LogP contribution in [0.5, 0.6) is 0 Å². The summed E-state index contributed by atoms with van der Waals surface area (Å²) in [6.45, 7) is 16.6. The van der Waals surface area contributed by atoms with E-state index < -0.39 is 0 Å². The second kappa shape index (κ2) is 8.47. The molecule has 0 aliphatic heterocycles. The number of aliphatic hydroxyl groups excluding tert-OH is 1. The van der Waals surface area contributed by atoms with Gasteiger partial charge in [0.15, 0.2) is 5.78 Å². The largest absolute Gasteiger partial charge is 0.393 e. The number of ketones is 1. The van der Waals surface area contributed by atoms with Gasteiger partial charge >= 0.3 is 0 Å². The lowest BCUT2D eigenvalue weighted by Gasteiger charge is -2.56. The number of allylic oxidation sites excluding steroid dienone is 3. The number of hydrogen-bond acceptors (Lipinski definition) is 2. The summed E-state index contributed by atoms with van der Waals surface area (Å²) in [5.41, 5.74) is 3.30. The van der Waals surface area contributed by atoms with E-state index in [1.54, 1.807) is 0 Å². The molecule has 4 rings (SSSR count). The number of rotatable bonds is 6. The predicted molar refractivity (Wildman–Crippen MR) is 129 cm³/mol. The summed E-state index contributed by atoms with van der Waals surface area (Å²) < 4.78 is 0. The van der Waals surface area contributed by atoms with Crippen LogP contribution in [0.25, 0.3) is 0 Å². The number of aliphatic hydroxyl groups is 1. The third-order valence-corrected chi connectivity index (χ3v) is 10.7. The van der Waals surface area contributed by atoms with E-state index in [2.05, 4.69) is 47.3 Å². The Kier molecular flexibility index (Phi) is 6.36. The highest BCUT2D eigenvalue weighted by molar-refractivity contribution is 5.94. The van der Waals surface area contributed by atoms with Crippen molar-refractivity contribution < 1.29 is 9.90 Å². The van der Waals surface area contributed by atoms with Crippen LogP contribution in [0.15, 0.2) is 23.8 Å². The number of fused-ring (bicyclic) bond motifs is 5. The summed E-state index contributed by atoms with van der Waals surface area (Å²) in [6, 6.07) is 0. The Balaban J connectivity index is 1.54. The van der Waals surface area contributed by atoms with Crippen LogP contribution >= 0.6 is 0 Å². The molecule has 4 aliphatic carbocycles. The van der Waals surface area contributed by atoms with E-state index in [1.165, 1.54) is 56.1 Å². The molecule has 2 heteroatoms. The lowest BCUT2D eigenvalue weighted by molar-refractivity contribution is -0.132. The maximum absolute atomic E-state index is 13.2. The minimum atomic E-state index is -0.289. The summed E-state index contributed by atoms with van der Waals surface area (Å²) >= 11 is 0. The van der Waals surface area contributed by atoms with E-state index in [1.807, 2.05) is 0 Å². The molecule has 1 N–H and O–H groups in total. The molecule has 3 saturated carbocycles. The fourth-order valence-electron chi connectivity index (χ4n) is 8.57. The number of carbonyl (C=O) groups excluding carboxylic acids is 1. The van der Waals surface area contributed by atoms with Gasteiger partial charge in [-0.2, -0.15) is 0 Å². The molecule has 2 nitrogen and oxygen atoms in total. The van der Waals surface area contributed by atoms with Gasteiger partial charge in [-0.05, 0) is 104 Å². The molecule has 3 fully saturated rings. The molecule has 174 valence electrons. The summed E-state index contributed by atoms with van der Waals surface area (Å²) in [4.78, 5) is 13.2. The zero-order valence-electron chi connectivity index (χ0n) is 20.8. The second-order valence-corrected chi connectivity index (χ2v) is 12.4. The van der Waals surface area contributed by atoms with E-state index in [0.29, 0.717) is 30.0 Å². The van der Waals surface area contributed by atoms with E-state index >= 15 is 0 Å². The van der Waals surface area contributed by atoms with Crippen LogP contribution in [0.1, 0.15) is 98.8 Å². The highest BCUT2D eigenvalue weighted by Gasteiger charge is 2.59. The highest BCUT2D eigenvalue weighted by Crippen LogP contribution is 2.66. The van der Waals surface area contributed by atoms with Crippen LogP contribution in [0, 0.1) is 46.3 Å². The van der Waals surface area contributed by atoms with Crippen molar-refractivity contribution in [3.63, 3.8) is 0 Å². The van der Waals surface area contributed by atoms with Gasteiger partial charge in [0.2, 0.25) is 0 Å². The Bertz CT molecular complexity index is 748. The van der Waals surface area contributed by atoms with Crippen LogP contribution in [-0.2, 0) is 4.79 Å². The maximum atomic E-state index is 13.2. The monoisotopic (exact) mass is 426 g/mol. The van der Waals surface area contributed by atoms with Crippen molar-refractivity contribution in [2.75, 3.05) is 0 Å². The van der Waals surface area contributed by atoms with Gasteiger partial charge in [-0.15, -0.1) is 0 Å². The molecule has 0 amide bonds. The third kappa shape index (κ3) is 3.79. The molecule has 8 atom stereocenters. The summed E-state index contributed by atoms with van der Waals surface area (Å²) in [5.74, 6) is 3.59. The smallest absolute Gasteiger partial charge is 0.159 e. The molecule has 0 radical (unpaired) electrons. The Morgan fingerprint density at radius 3 is 2.45 bits per heavy atom. The van der Waals surface area contributed by atoms with E-state index in [4.69, 9.17) is 0 Å². The first-order valence-electron chi connectivity index (χ1n) is 13.2. The predicted octanol–water partition coefficient (Wildman–Crippen LogP) is 7.12. The third-order valence-electron chi connectivity index (χ3n) is 10.7. The van der Waals surface area contributed by atoms with Crippen molar-refractivity contribution in [3.8, 4) is 0 Å². The first-order valence-corrected chi connectivity index (χ1v) is 13.2. The van der Waals surface area contributed by atoms with Crippen molar-refractivity contribution in [3.05, 3.63) is 23.8 Å². The fraction of sp³-hybridized carbons (Fsp3) is 0.828. The van der Waals surface area contributed by atoms with Crippen LogP contribution < -0.4 is 0 Å². The van der Waals surface area contributed by atoms with Gasteiger partial charge in [0.05, 0.1) is 6.10 Å². The molecule has 0 saturated heterocycles. The molecule has 0 spiro atoms. The lowest BCUT2D eigenvalue weighted by atomic mass is 9.47. The Morgan fingerprint density at radius 2 is 1.77 bits per heavy atom. The molecule has 0 heterocycles. The molecular formula is C29H46O2. The zero-order valence-corrected chi connectivity index (χ0v) is 20.8. The topological polar surface area (TPSA) is 37.3 Å². The summed E-state index contributed by atoms with van der Waals surface area (Å²) in [7, 11) is 0. The van der Waals surface area contributed by atoms with Gasteiger partial charge in [-0.25, -0.2) is 0 Å². The molecule has 4 aliphatic rings. The maximum Gasteiger partial charge on any atom is 0.159 e. The Labute approximate surface area is 191 Å². The SMILES string of the molecule is C=C(CC[C@@H](CC)C(C)C)[C@H]1CC[C@H]2C3=CC(=O)[C@H]4C[C@@H](O)CC[C@]4(C)[C@H]3CC[C@]12C. The van der Waals surface area contributed by atoms with Gasteiger partial charge in [-0.3, -0.25) is 4.79 Å². The first-order chi connectivity index (χ1) is 14.6. The average molecular weight is 427 g/mol. The fourth-order valence-corrected chi connectivity index (χ4v) is 8.57. The molecular weight excluding hydrogens is 380 g/mol. The molecule has 0 bridgehead atoms. The standard InChI is InChI=1S/C29H46O2/c1-7-20(18(2)3)9-8-19(4)23-10-11-24-22-17-27(31)26-16-21(30)12-14-29(26,6)25(22)13-15-28(23,24)5/h17-18,20-21,23-26,30H,4,7-16H2,1-3,5-6H3/t20-,21+,23-,24+,25+,26-,28-,29-/m1/s1. The van der Waals surface area contributed by atoms with Gasteiger partial charge in [-0.1, -0.05) is 58.8 Å². The van der Waals surface area contributed by atoms with Crippen LogP contribution in [0.4, 0.5) is 0 Å². The van der Waals surface area contributed by atoms with Gasteiger partial charge in [0.25, 0.3) is 0 Å². The minimum Gasteiger partial charge on any atom is -0.393 e. The molecule has 0 unspecified atom stereocenters. The normalized spacial score (nSPS) is 43.1. The second-order valence-electron chi connectivity index (χ2n) is 12.4. The average Bonchev–Trinajstić information content (AvgIpc) is 3.07. The first kappa shape index (κ1) is 23.3. The van der Waals surface area contributed by atoms with Crippen molar-refractivity contribution >= 4 is 5.78 Å². The highest BCUT2D eigenvalue weighted by atomic mass is 16.3. The van der Waals surface area contributed by atoms with E-state index in [-0.39, 0.29) is 22.9 Å². The summed E-state index contributed by atoms with van der Waals surface area (Å²) in [6.07, 6.45) is 13.0. The molecule has 31 heavy (non-hydrogen) atoms. The zero-order chi connectivity index (χ0) is 22.6. The van der Waals surface area contributed by atoms with E-state index in [0.717, 1.165) is 24.7 Å². The van der Waals surface area contributed by atoms with Crippen molar-refractivity contribution in [1.29, 1.82) is 0 Å². The summed E-state index contributed by atoms with van der Waals surface area (Å²) in [5, 5.41) is 10.2. The molecule has 0 aromatic rings. The van der Waals surface area contributed by atoms with Crippen molar-refractivity contribution in [2.45, 2.75) is 105 Å². The number of carbonyl (C=O) groups is 1. The quantitative estimate of drug-likeness (QED) is 0.459. The van der Waals surface area contributed by atoms with Crippen LogP contribution in [0.3, 0.4) is 0 Å². The van der Waals surface area contributed by atoms with E-state index in [9.17, 15) is 9.90 Å². The van der Waals surface area contributed by atoms with Gasteiger partial charge in [0.1, 0.15) is 0 Å². The minimum absolute atomic E-state index is 0.0310. The molecule has 0 aromatic carbocycles. The molecule has 0 aromatic heterocycles. The van der Waals surface area contributed by atoms with Crippen molar-refractivity contribution in [1.82, 2.24) is 0 Å². The Hall–Kier alpha value is -0.890. The van der Waals surface area contributed by atoms with Crippen LogP contribution in [-0.4, -0.2) is 17.0 Å². The Morgan fingerprint density at radius 1 is 1.10 bits per heavy atom. The van der Waals surface area contributed by atoms with Gasteiger partial charge in [0, 0.05) is 5.92 Å². The van der Waals surface area contributed by atoms with Crippen LogP contribution in [0.2, 0.25) is 0 Å². The lowest BCUT2D eigenvalue weighted by Crippen LogP contribution is -2.52. The van der Waals surface area contributed by atoms with Crippen molar-refractivity contribution in [2.24, 2.45) is 46.3 Å².